The molecule has 0 heterocycles. The molecule has 0 bridgehead atoms. The zero-order valence-electron chi connectivity index (χ0n) is 10.1. The Morgan fingerprint density at radius 2 is 2.00 bits per heavy atom. The van der Waals surface area contributed by atoms with Crippen LogP contribution in [0.5, 0.6) is 0 Å². The van der Waals surface area contributed by atoms with Crippen molar-refractivity contribution in [1.82, 2.24) is 0 Å². The van der Waals surface area contributed by atoms with E-state index in [2.05, 4.69) is 16.7 Å². The van der Waals surface area contributed by atoms with E-state index in [4.69, 9.17) is 10.3 Å². The molecule has 0 amide bonds. The van der Waals surface area contributed by atoms with Gasteiger partial charge in [-0.15, -0.1) is 0 Å². The zero-order valence-corrected chi connectivity index (χ0v) is 10.1. The average Bonchev–Trinajstić information content (AvgIpc) is 2.30. The molecule has 0 fully saturated rings. The third kappa shape index (κ3) is 14.1. The van der Waals surface area contributed by atoms with Gasteiger partial charge in [0.1, 0.15) is 0 Å². The van der Waals surface area contributed by atoms with E-state index < -0.39 is 5.97 Å². The summed E-state index contributed by atoms with van der Waals surface area (Å²) in [4.78, 5) is 22.6. The SMILES string of the molecule is C=C(C)C(=O)O.CCC(CCCN=C=O)=NO. The highest BCUT2D eigenvalue weighted by molar-refractivity contribution is 5.84. The van der Waals surface area contributed by atoms with Gasteiger partial charge in [0.15, 0.2) is 0 Å². The Labute approximate surface area is 100 Å². The quantitative estimate of drug-likeness (QED) is 0.186. The molecule has 0 saturated heterocycles. The van der Waals surface area contributed by atoms with Crippen molar-refractivity contribution in [1.29, 1.82) is 0 Å². The van der Waals surface area contributed by atoms with Crippen LogP contribution in [0.2, 0.25) is 0 Å². The number of carboxylic acids is 1. The lowest BCUT2D eigenvalue weighted by molar-refractivity contribution is -0.132. The summed E-state index contributed by atoms with van der Waals surface area (Å²) >= 11 is 0. The maximum Gasteiger partial charge on any atom is 0.330 e. The first-order valence-electron chi connectivity index (χ1n) is 5.11. The molecule has 0 atom stereocenters. The minimum absolute atomic E-state index is 0.176. The monoisotopic (exact) mass is 242 g/mol. The Kier molecular flexibility index (Phi) is 12.5. The molecule has 0 saturated carbocycles. The van der Waals surface area contributed by atoms with Crippen molar-refractivity contribution in [2.75, 3.05) is 6.54 Å². The first-order chi connectivity index (χ1) is 7.99. The summed E-state index contributed by atoms with van der Waals surface area (Å²) in [6.07, 6.45) is 3.62. The van der Waals surface area contributed by atoms with Gasteiger partial charge in [-0.05, 0) is 26.2 Å². The highest BCUT2D eigenvalue weighted by Gasteiger charge is 1.95. The molecule has 17 heavy (non-hydrogen) atoms. The molecule has 0 aromatic carbocycles. The maximum absolute atomic E-state index is 9.62. The van der Waals surface area contributed by atoms with E-state index in [1.807, 2.05) is 6.92 Å². The number of nitrogens with zero attached hydrogens (tertiary/aromatic N) is 2. The van der Waals surface area contributed by atoms with Crippen molar-refractivity contribution >= 4 is 17.8 Å². The summed E-state index contributed by atoms with van der Waals surface area (Å²) in [5.74, 6) is -0.935. The first kappa shape index (κ1) is 17.5. The second kappa shape index (κ2) is 12.1. The summed E-state index contributed by atoms with van der Waals surface area (Å²) in [5, 5.41) is 19.3. The van der Waals surface area contributed by atoms with Gasteiger partial charge in [0.05, 0.1) is 12.3 Å². The third-order valence-corrected chi connectivity index (χ3v) is 1.71. The number of oxime groups is 1. The predicted molar refractivity (Wildman–Crippen MR) is 64.2 cm³/mol. The first-order valence-corrected chi connectivity index (χ1v) is 5.11. The minimum Gasteiger partial charge on any atom is -0.478 e. The van der Waals surface area contributed by atoms with Gasteiger partial charge >= 0.3 is 5.97 Å². The summed E-state index contributed by atoms with van der Waals surface area (Å²) in [6, 6.07) is 0. The summed E-state index contributed by atoms with van der Waals surface area (Å²) in [6.45, 7) is 6.98. The van der Waals surface area contributed by atoms with Crippen molar-refractivity contribution in [2.45, 2.75) is 33.1 Å². The number of carbonyl (C=O) groups excluding carboxylic acids is 1. The molecule has 0 aromatic rings. The molecule has 0 unspecified atom stereocenters. The van der Waals surface area contributed by atoms with Crippen LogP contribution < -0.4 is 0 Å². The van der Waals surface area contributed by atoms with Crippen LogP contribution in [0.4, 0.5) is 0 Å². The second-order valence-electron chi connectivity index (χ2n) is 3.18. The topological polar surface area (TPSA) is 99.3 Å². The van der Waals surface area contributed by atoms with Crippen LogP contribution in [0.15, 0.2) is 22.3 Å². The van der Waals surface area contributed by atoms with Crippen LogP contribution in [0.3, 0.4) is 0 Å². The summed E-state index contributed by atoms with van der Waals surface area (Å²) in [5.41, 5.74) is 0.918. The molecule has 6 nitrogen and oxygen atoms in total. The number of rotatable bonds is 6. The minimum atomic E-state index is -0.935. The van der Waals surface area contributed by atoms with E-state index >= 15 is 0 Å². The molecule has 2 N–H and O–H groups in total. The van der Waals surface area contributed by atoms with Gasteiger partial charge in [-0.25, -0.2) is 14.6 Å². The number of aliphatic carboxylic acids is 1. The fourth-order valence-electron chi connectivity index (χ4n) is 0.705. The van der Waals surface area contributed by atoms with E-state index in [9.17, 15) is 9.59 Å². The molecular weight excluding hydrogens is 224 g/mol. The Balaban J connectivity index is 0. The summed E-state index contributed by atoms with van der Waals surface area (Å²) < 4.78 is 0. The fraction of sp³-hybridized carbons (Fsp3) is 0.545. The van der Waals surface area contributed by atoms with E-state index in [1.165, 1.54) is 13.0 Å². The highest BCUT2D eigenvalue weighted by Crippen LogP contribution is 1.96. The second-order valence-corrected chi connectivity index (χ2v) is 3.18. The van der Waals surface area contributed by atoms with Crippen LogP contribution in [0.25, 0.3) is 0 Å². The lowest BCUT2D eigenvalue weighted by Gasteiger charge is -1.96. The molecule has 96 valence electrons. The van der Waals surface area contributed by atoms with Gasteiger partial charge in [0, 0.05) is 5.57 Å². The van der Waals surface area contributed by atoms with E-state index in [0.717, 1.165) is 18.6 Å². The molecule has 0 rings (SSSR count). The number of hydrogen-bond acceptors (Lipinski definition) is 5. The van der Waals surface area contributed by atoms with Gasteiger partial charge in [-0.1, -0.05) is 18.7 Å². The van der Waals surface area contributed by atoms with E-state index in [1.54, 1.807) is 0 Å². The van der Waals surface area contributed by atoms with Gasteiger partial charge < -0.3 is 10.3 Å². The van der Waals surface area contributed by atoms with Crippen LogP contribution >= 0.6 is 0 Å². The van der Waals surface area contributed by atoms with Crippen molar-refractivity contribution in [2.24, 2.45) is 10.1 Å². The molecule has 0 radical (unpaired) electrons. The van der Waals surface area contributed by atoms with Gasteiger partial charge in [0.25, 0.3) is 0 Å². The Bertz CT molecular complexity index is 305. The Morgan fingerprint density at radius 3 is 2.29 bits per heavy atom. The number of hydrogen-bond donors (Lipinski definition) is 2. The molecule has 0 aliphatic heterocycles. The number of carboxylic acid groups (broad SMARTS) is 1. The average molecular weight is 242 g/mol. The molecule has 0 spiro atoms. The standard InChI is InChI=1S/C7H12N2O2.C4H6O2/c1-2-7(9-11)4-3-5-8-6-10;1-3(2)4(5)6/h11H,2-5H2,1H3;1H2,2H3,(H,5,6). The largest absolute Gasteiger partial charge is 0.478 e. The Morgan fingerprint density at radius 1 is 1.47 bits per heavy atom. The third-order valence-electron chi connectivity index (χ3n) is 1.71. The lowest BCUT2D eigenvalue weighted by Crippen LogP contribution is -1.96. The smallest absolute Gasteiger partial charge is 0.330 e. The fourth-order valence-corrected chi connectivity index (χ4v) is 0.705. The number of carbonyl (C=O) groups is 1. The van der Waals surface area contributed by atoms with Gasteiger partial charge in [-0.3, -0.25) is 0 Å². The van der Waals surface area contributed by atoms with Crippen molar-refractivity contribution in [3.05, 3.63) is 12.2 Å². The van der Waals surface area contributed by atoms with Crippen LogP contribution in [0.1, 0.15) is 33.1 Å². The normalized spacial score (nSPS) is 9.65. The van der Waals surface area contributed by atoms with Crippen molar-refractivity contribution in [3.63, 3.8) is 0 Å². The van der Waals surface area contributed by atoms with Crippen LogP contribution in [-0.4, -0.2) is 34.6 Å². The van der Waals surface area contributed by atoms with Crippen LogP contribution in [0, 0.1) is 0 Å². The summed E-state index contributed by atoms with van der Waals surface area (Å²) in [7, 11) is 0. The van der Waals surface area contributed by atoms with Crippen molar-refractivity contribution in [3.8, 4) is 0 Å². The molecule has 0 aliphatic carbocycles. The highest BCUT2D eigenvalue weighted by atomic mass is 16.4. The zero-order chi connectivity index (χ0) is 13.7. The lowest BCUT2D eigenvalue weighted by atomic mass is 10.2. The van der Waals surface area contributed by atoms with Gasteiger partial charge in [-0.2, -0.15) is 0 Å². The molecule has 0 aliphatic rings. The van der Waals surface area contributed by atoms with E-state index in [-0.39, 0.29) is 5.57 Å². The molecule has 6 heteroatoms. The van der Waals surface area contributed by atoms with Crippen molar-refractivity contribution < 1.29 is 19.9 Å². The molecule has 0 aromatic heterocycles. The van der Waals surface area contributed by atoms with E-state index in [0.29, 0.717) is 13.0 Å². The van der Waals surface area contributed by atoms with Gasteiger partial charge in [0.2, 0.25) is 6.08 Å². The van der Waals surface area contributed by atoms with Crippen LogP contribution in [-0.2, 0) is 9.59 Å². The number of isocyanates is 1. The maximum atomic E-state index is 9.62. The number of aliphatic imine (C=N–C) groups is 1. The predicted octanol–water partition coefficient (Wildman–Crippen LogP) is 1.99. The Hall–Kier alpha value is -1.94. The molecular formula is C11H18N2O4.